The highest BCUT2D eigenvalue weighted by molar-refractivity contribution is 5.49. The second-order valence-corrected chi connectivity index (χ2v) is 5.09. The Hall–Kier alpha value is -1.90. The SMILES string of the molecule is CC[C@H](OCc1ccccc1)[C@H](N)C=Cc1ccccc1. The smallest absolute Gasteiger partial charge is 0.0763 e. The molecule has 0 aromatic heterocycles. The van der Waals surface area contributed by atoms with Crippen molar-refractivity contribution in [2.75, 3.05) is 0 Å². The van der Waals surface area contributed by atoms with Gasteiger partial charge in [-0.1, -0.05) is 79.7 Å². The highest BCUT2D eigenvalue weighted by atomic mass is 16.5. The third kappa shape index (κ3) is 5.18. The van der Waals surface area contributed by atoms with E-state index in [-0.39, 0.29) is 12.1 Å². The van der Waals surface area contributed by atoms with Crippen LogP contribution in [0.5, 0.6) is 0 Å². The molecule has 21 heavy (non-hydrogen) atoms. The van der Waals surface area contributed by atoms with E-state index in [4.69, 9.17) is 10.5 Å². The molecule has 0 heterocycles. The van der Waals surface area contributed by atoms with E-state index >= 15 is 0 Å². The highest BCUT2D eigenvalue weighted by Gasteiger charge is 2.13. The van der Waals surface area contributed by atoms with Crippen molar-refractivity contribution in [3.63, 3.8) is 0 Å². The normalized spacial score (nSPS) is 14.2. The molecule has 110 valence electrons. The summed E-state index contributed by atoms with van der Waals surface area (Å²) in [5.41, 5.74) is 8.56. The molecular weight excluding hydrogens is 258 g/mol. The van der Waals surface area contributed by atoms with Crippen molar-refractivity contribution in [2.45, 2.75) is 32.1 Å². The number of hydrogen-bond acceptors (Lipinski definition) is 2. The van der Waals surface area contributed by atoms with Gasteiger partial charge in [-0.3, -0.25) is 0 Å². The maximum Gasteiger partial charge on any atom is 0.0763 e. The predicted octanol–water partition coefficient (Wildman–Crippen LogP) is 4.02. The van der Waals surface area contributed by atoms with Crippen LogP contribution in [0, 0.1) is 0 Å². The van der Waals surface area contributed by atoms with E-state index in [1.807, 2.05) is 42.5 Å². The maximum absolute atomic E-state index is 6.23. The van der Waals surface area contributed by atoms with Gasteiger partial charge in [-0.05, 0) is 17.5 Å². The number of hydrogen-bond donors (Lipinski definition) is 1. The molecule has 2 aromatic carbocycles. The first-order valence-corrected chi connectivity index (χ1v) is 7.44. The zero-order chi connectivity index (χ0) is 14.9. The lowest BCUT2D eigenvalue weighted by Gasteiger charge is -2.20. The van der Waals surface area contributed by atoms with Crippen LogP contribution in [0.1, 0.15) is 24.5 Å². The number of nitrogens with two attached hydrogens (primary N) is 1. The molecule has 2 nitrogen and oxygen atoms in total. The second-order valence-electron chi connectivity index (χ2n) is 5.09. The first kappa shape index (κ1) is 15.5. The lowest BCUT2D eigenvalue weighted by atomic mass is 10.1. The third-order valence-corrected chi connectivity index (χ3v) is 3.45. The lowest BCUT2D eigenvalue weighted by molar-refractivity contribution is 0.0304. The molecule has 0 fully saturated rings. The minimum atomic E-state index is -0.0982. The Morgan fingerprint density at radius 2 is 1.62 bits per heavy atom. The average Bonchev–Trinajstić information content (AvgIpc) is 2.55. The summed E-state index contributed by atoms with van der Waals surface area (Å²) < 4.78 is 5.95. The monoisotopic (exact) mass is 281 g/mol. The van der Waals surface area contributed by atoms with Crippen LogP contribution in [0.2, 0.25) is 0 Å². The fourth-order valence-corrected chi connectivity index (χ4v) is 2.19. The van der Waals surface area contributed by atoms with Gasteiger partial charge in [0, 0.05) is 6.04 Å². The van der Waals surface area contributed by atoms with Crippen LogP contribution in [-0.4, -0.2) is 12.1 Å². The van der Waals surface area contributed by atoms with E-state index in [0.29, 0.717) is 6.61 Å². The molecule has 0 spiro atoms. The zero-order valence-electron chi connectivity index (χ0n) is 12.5. The molecule has 0 aliphatic rings. The standard InChI is InChI=1S/C19H23NO/c1-2-19(21-15-17-11-7-4-8-12-17)18(20)14-13-16-9-5-3-6-10-16/h3-14,18-19H,2,15,20H2,1H3/t18-,19+/m1/s1. The maximum atomic E-state index is 6.23. The molecule has 0 aliphatic carbocycles. The van der Waals surface area contributed by atoms with Crippen LogP contribution < -0.4 is 5.73 Å². The van der Waals surface area contributed by atoms with Crippen LogP contribution in [0.15, 0.2) is 66.7 Å². The second kappa shape index (κ2) is 8.40. The van der Waals surface area contributed by atoms with Gasteiger partial charge in [-0.15, -0.1) is 0 Å². The summed E-state index contributed by atoms with van der Waals surface area (Å²) in [5, 5.41) is 0. The summed E-state index contributed by atoms with van der Waals surface area (Å²) in [6.07, 6.45) is 5.01. The highest BCUT2D eigenvalue weighted by Crippen LogP contribution is 2.10. The van der Waals surface area contributed by atoms with Gasteiger partial charge in [-0.25, -0.2) is 0 Å². The number of rotatable bonds is 7. The lowest BCUT2D eigenvalue weighted by Crippen LogP contribution is -2.34. The van der Waals surface area contributed by atoms with Gasteiger partial charge in [-0.2, -0.15) is 0 Å². The van der Waals surface area contributed by atoms with Crippen molar-refractivity contribution in [3.8, 4) is 0 Å². The Kier molecular flexibility index (Phi) is 6.20. The van der Waals surface area contributed by atoms with Crippen molar-refractivity contribution in [3.05, 3.63) is 77.9 Å². The average molecular weight is 281 g/mol. The Morgan fingerprint density at radius 3 is 2.24 bits per heavy atom. The molecule has 0 saturated heterocycles. The van der Waals surface area contributed by atoms with Crippen LogP contribution in [0.4, 0.5) is 0 Å². The Bertz CT molecular complexity index is 536. The van der Waals surface area contributed by atoms with Crippen LogP contribution >= 0.6 is 0 Å². The van der Waals surface area contributed by atoms with Gasteiger partial charge in [0.15, 0.2) is 0 Å². The van der Waals surface area contributed by atoms with Crippen molar-refractivity contribution in [1.29, 1.82) is 0 Å². The van der Waals surface area contributed by atoms with Gasteiger partial charge in [0.25, 0.3) is 0 Å². The van der Waals surface area contributed by atoms with Crippen LogP contribution in [0.25, 0.3) is 6.08 Å². The molecule has 0 unspecified atom stereocenters. The van der Waals surface area contributed by atoms with Crippen LogP contribution in [-0.2, 0) is 11.3 Å². The number of ether oxygens (including phenoxy) is 1. The van der Waals surface area contributed by atoms with E-state index in [1.54, 1.807) is 0 Å². The Morgan fingerprint density at radius 1 is 1.00 bits per heavy atom. The zero-order valence-corrected chi connectivity index (χ0v) is 12.5. The van der Waals surface area contributed by atoms with E-state index in [2.05, 4.69) is 37.3 Å². The summed E-state index contributed by atoms with van der Waals surface area (Å²) >= 11 is 0. The molecule has 0 saturated carbocycles. The quantitative estimate of drug-likeness (QED) is 0.832. The van der Waals surface area contributed by atoms with Gasteiger partial charge in [0.1, 0.15) is 0 Å². The topological polar surface area (TPSA) is 35.2 Å². The molecule has 0 bridgehead atoms. The third-order valence-electron chi connectivity index (χ3n) is 3.45. The van der Waals surface area contributed by atoms with Gasteiger partial charge in [0.05, 0.1) is 12.7 Å². The van der Waals surface area contributed by atoms with Crippen molar-refractivity contribution >= 4 is 6.08 Å². The van der Waals surface area contributed by atoms with E-state index < -0.39 is 0 Å². The predicted molar refractivity (Wildman–Crippen MR) is 88.8 cm³/mol. The summed E-state index contributed by atoms with van der Waals surface area (Å²) in [4.78, 5) is 0. The molecule has 0 amide bonds. The minimum Gasteiger partial charge on any atom is -0.372 e. The van der Waals surface area contributed by atoms with Gasteiger partial charge < -0.3 is 10.5 Å². The summed E-state index contributed by atoms with van der Waals surface area (Å²) in [6, 6.07) is 20.3. The van der Waals surface area contributed by atoms with Gasteiger partial charge in [0.2, 0.25) is 0 Å². The summed E-state index contributed by atoms with van der Waals surface area (Å²) in [7, 11) is 0. The molecular formula is C19H23NO. The molecule has 0 aliphatic heterocycles. The van der Waals surface area contributed by atoms with E-state index in [1.165, 1.54) is 5.56 Å². The van der Waals surface area contributed by atoms with E-state index in [0.717, 1.165) is 12.0 Å². The Balaban J connectivity index is 1.89. The van der Waals surface area contributed by atoms with E-state index in [9.17, 15) is 0 Å². The first-order chi connectivity index (χ1) is 10.3. The molecule has 0 radical (unpaired) electrons. The fourth-order valence-electron chi connectivity index (χ4n) is 2.19. The molecule has 2 heteroatoms. The summed E-state index contributed by atoms with van der Waals surface area (Å²) in [5.74, 6) is 0. The van der Waals surface area contributed by atoms with Crippen molar-refractivity contribution < 1.29 is 4.74 Å². The molecule has 2 aromatic rings. The van der Waals surface area contributed by atoms with Crippen molar-refractivity contribution in [1.82, 2.24) is 0 Å². The van der Waals surface area contributed by atoms with Crippen LogP contribution in [0.3, 0.4) is 0 Å². The molecule has 2 rings (SSSR count). The minimum absolute atomic E-state index is 0.0326. The number of benzene rings is 2. The molecule has 2 atom stereocenters. The largest absolute Gasteiger partial charge is 0.372 e. The summed E-state index contributed by atoms with van der Waals surface area (Å²) in [6.45, 7) is 2.71. The van der Waals surface area contributed by atoms with Crippen molar-refractivity contribution in [2.24, 2.45) is 5.73 Å². The molecule has 2 N–H and O–H groups in total. The Labute approximate surface area is 127 Å². The first-order valence-electron chi connectivity index (χ1n) is 7.44. The fraction of sp³-hybridized carbons (Fsp3) is 0.263. The van der Waals surface area contributed by atoms with Gasteiger partial charge >= 0.3 is 0 Å².